The largest absolute Gasteiger partial charge is 0.493 e. The minimum absolute atomic E-state index is 0.162. The minimum Gasteiger partial charge on any atom is -0.493 e. The van der Waals surface area contributed by atoms with Crippen molar-refractivity contribution in [3.05, 3.63) is 47.5 Å². The van der Waals surface area contributed by atoms with E-state index >= 15 is 0 Å². The van der Waals surface area contributed by atoms with Gasteiger partial charge >= 0.3 is 0 Å². The Morgan fingerprint density at radius 1 is 0.903 bits per heavy atom. The Kier molecular flexibility index (Phi) is 7.47. The van der Waals surface area contributed by atoms with Crippen LogP contribution in [0.2, 0.25) is 0 Å². The second-order valence-corrected chi connectivity index (χ2v) is 7.70. The van der Waals surface area contributed by atoms with E-state index in [1.807, 2.05) is 20.8 Å². The molecule has 4 N–H and O–H groups in total. The van der Waals surface area contributed by atoms with E-state index in [4.69, 9.17) is 19.9 Å². The molecule has 0 fully saturated rings. The number of benzene rings is 2. The lowest BCUT2D eigenvalue weighted by molar-refractivity contribution is -0.120. The molecule has 9 nitrogen and oxygen atoms in total. The number of ether oxygens (including phenoxy) is 3. The molecule has 0 bridgehead atoms. The van der Waals surface area contributed by atoms with E-state index in [9.17, 15) is 14.4 Å². The third kappa shape index (κ3) is 6.63. The molecule has 0 saturated carbocycles. The van der Waals surface area contributed by atoms with Gasteiger partial charge in [0.25, 0.3) is 17.7 Å². The van der Waals surface area contributed by atoms with Gasteiger partial charge in [0.2, 0.25) is 5.75 Å². The Balaban J connectivity index is 2.19. The molecule has 0 atom stereocenters. The maximum absolute atomic E-state index is 12.7. The van der Waals surface area contributed by atoms with Crippen LogP contribution in [0.1, 0.15) is 41.5 Å². The first-order chi connectivity index (χ1) is 14.5. The maximum atomic E-state index is 12.7. The number of primary amides is 1. The Morgan fingerprint density at radius 2 is 1.45 bits per heavy atom. The summed E-state index contributed by atoms with van der Waals surface area (Å²) in [6.07, 6.45) is 0. The average Bonchev–Trinajstić information content (AvgIpc) is 2.70. The highest BCUT2D eigenvalue weighted by Crippen LogP contribution is 2.38. The average molecular weight is 429 g/mol. The van der Waals surface area contributed by atoms with Gasteiger partial charge < -0.3 is 30.6 Å². The highest BCUT2D eigenvalue weighted by Gasteiger charge is 2.19. The molecule has 2 aromatic rings. The molecular weight excluding hydrogens is 402 g/mol. The van der Waals surface area contributed by atoms with Crippen LogP contribution in [-0.2, 0) is 4.79 Å². The summed E-state index contributed by atoms with van der Waals surface area (Å²) in [6, 6.07) is 9.43. The van der Waals surface area contributed by atoms with Gasteiger partial charge in [-0.1, -0.05) is 0 Å². The molecular formula is C22H27N3O6. The summed E-state index contributed by atoms with van der Waals surface area (Å²) >= 11 is 0. The molecule has 2 rings (SSSR count). The van der Waals surface area contributed by atoms with E-state index in [2.05, 4.69) is 10.6 Å². The van der Waals surface area contributed by atoms with E-state index in [0.29, 0.717) is 11.3 Å². The zero-order chi connectivity index (χ0) is 23.2. The van der Waals surface area contributed by atoms with Crippen LogP contribution in [0.4, 0.5) is 5.69 Å². The van der Waals surface area contributed by atoms with Gasteiger partial charge in [0.1, 0.15) is 0 Å². The van der Waals surface area contributed by atoms with Crippen LogP contribution < -0.4 is 30.6 Å². The molecule has 0 unspecified atom stereocenters. The standard InChI is InChI=1S/C22H27N3O6/c1-22(2,3)25-21(28)13-6-8-15(9-7-13)24-20(27)14-10-16(29-4)19(17(11-14)30-5)31-12-18(23)26/h6-11H,12H2,1-5H3,(H2,23,26)(H,24,27)(H,25,28). The van der Waals surface area contributed by atoms with Crippen molar-refractivity contribution in [2.24, 2.45) is 5.73 Å². The van der Waals surface area contributed by atoms with Gasteiger partial charge in [-0.15, -0.1) is 0 Å². The number of nitrogens with two attached hydrogens (primary N) is 1. The molecule has 0 aromatic heterocycles. The quantitative estimate of drug-likeness (QED) is 0.591. The highest BCUT2D eigenvalue weighted by molar-refractivity contribution is 6.05. The molecule has 3 amide bonds. The summed E-state index contributed by atoms with van der Waals surface area (Å²) in [4.78, 5) is 35.9. The highest BCUT2D eigenvalue weighted by atomic mass is 16.5. The van der Waals surface area contributed by atoms with E-state index in [0.717, 1.165) is 0 Å². The van der Waals surface area contributed by atoms with Crippen LogP contribution in [0.5, 0.6) is 17.2 Å². The SMILES string of the molecule is COc1cc(C(=O)Nc2ccc(C(=O)NC(C)(C)C)cc2)cc(OC)c1OCC(N)=O. The number of methoxy groups -OCH3 is 2. The summed E-state index contributed by atoms with van der Waals surface area (Å²) in [5.74, 6) is -0.712. The second kappa shape index (κ2) is 9.84. The first-order valence-corrected chi connectivity index (χ1v) is 9.45. The number of anilines is 1. The van der Waals surface area contributed by atoms with Gasteiger partial charge in [-0.25, -0.2) is 0 Å². The van der Waals surface area contributed by atoms with E-state index in [1.54, 1.807) is 24.3 Å². The van der Waals surface area contributed by atoms with Crippen LogP contribution >= 0.6 is 0 Å². The molecule has 166 valence electrons. The van der Waals surface area contributed by atoms with Crippen molar-refractivity contribution in [3.8, 4) is 17.2 Å². The van der Waals surface area contributed by atoms with Crippen LogP contribution in [0, 0.1) is 0 Å². The predicted octanol–water partition coefficient (Wildman–Crippen LogP) is 2.35. The third-order valence-corrected chi connectivity index (χ3v) is 3.98. The molecule has 0 spiro atoms. The van der Waals surface area contributed by atoms with E-state index < -0.39 is 11.8 Å². The Hall–Kier alpha value is -3.75. The lowest BCUT2D eigenvalue weighted by Gasteiger charge is -2.20. The number of hydrogen-bond donors (Lipinski definition) is 3. The molecule has 0 aliphatic rings. The van der Waals surface area contributed by atoms with Crippen molar-refractivity contribution < 1.29 is 28.6 Å². The van der Waals surface area contributed by atoms with Gasteiger partial charge in [-0.2, -0.15) is 0 Å². The van der Waals surface area contributed by atoms with E-state index in [1.165, 1.54) is 26.4 Å². The van der Waals surface area contributed by atoms with Crippen molar-refractivity contribution in [2.45, 2.75) is 26.3 Å². The molecule has 0 radical (unpaired) electrons. The van der Waals surface area contributed by atoms with Crippen molar-refractivity contribution in [1.82, 2.24) is 5.32 Å². The third-order valence-electron chi connectivity index (χ3n) is 3.98. The van der Waals surface area contributed by atoms with Crippen molar-refractivity contribution >= 4 is 23.4 Å². The smallest absolute Gasteiger partial charge is 0.255 e. The van der Waals surface area contributed by atoms with Crippen molar-refractivity contribution in [2.75, 3.05) is 26.1 Å². The first-order valence-electron chi connectivity index (χ1n) is 9.45. The van der Waals surface area contributed by atoms with Gasteiger partial charge in [0.05, 0.1) is 14.2 Å². The summed E-state index contributed by atoms with van der Waals surface area (Å²) < 4.78 is 15.9. The molecule has 0 aliphatic carbocycles. The molecule has 0 aliphatic heterocycles. The fourth-order valence-corrected chi connectivity index (χ4v) is 2.62. The molecule has 2 aromatic carbocycles. The number of carbonyl (C=O) groups is 3. The Labute approximate surface area is 180 Å². The van der Waals surface area contributed by atoms with E-state index in [-0.39, 0.29) is 40.9 Å². The Morgan fingerprint density at radius 3 is 1.90 bits per heavy atom. The minimum atomic E-state index is -0.662. The number of hydrogen-bond acceptors (Lipinski definition) is 6. The van der Waals surface area contributed by atoms with Crippen molar-refractivity contribution in [3.63, 3.8) is 0 Å². The van der Waals surface area contributed by atoms with Crippen LogP contribution in [-0.4, -0.2) is 44.1 Å². The fraction of sp³-hybridized carbons (Fsp3) is 0.318. The lowest BCUT2D eigenvalue weighted by Crippen LogP contribution is -2.40. The number of carbonyl (C=O) groups excluding carboxylic acids is 3. The number of rotatable bonds is 8. The first kappa shape index (κ1) is 23.5. The monoisotopic (exact) mass is 429 g/mol. The molecule has 0 saturated heterocycles. The lowest BCUT2D eigenvalue weighted by atomic mass is 10.1. The van der Waals surface area contributed by atoms with Crippen LogP contribution in [0.15, 0.2) is 36.4 Å². The van der Waals surface area contributed by atoms with Crippen molar-refractivity contribution in [1.29, 1.82) is 0 Å². The summed E-state index contributed by atoms with van der Waals surface area (Å²) in [5, 5.41) is 5.62. The van der Waals surface area contributed by atoms with Gasteiger partial charge in [0.15, 0.2) is 18.1 Å². The fourth-order valence-electron chi connectivity index (χ4n) is 2.62. The summed E-state index contributed by atoms with van der Waals surface area (Å²) in [7, 11) is 2.80. The normalized spacial score (nSPS) is 10.7. The van der Waals surface area contributed by atoms with Gasteiger partial charge in [0, 0.05) is 22.4 Å². The van der Waals surface area contributed by atoms with Crippen LogP contribution in [0.25, 0.3) is 0 Å². The molecule has 0 heterocycles. The van der Waals surface area contributed by atoms with Gasteiger partial charge in [-0.3, -0.25) is 14.4 Å². The summed E-state index contributed by atoms with van der Waals surface area (Å²) in [5.41, 5.74) is 5.99. The number of nitrogens with one attached hydrogen (secondary N) is 2. The Bertz CT molecular complexity index is 939. The second-order valence-electron chi connectivity index (χ2n) is 7.70. The molecule has 9 heteroatoms. The molecule has 31 heavy (non-hydrogen) atoms. The van der Waals surface area contributed by atoms with Crippen LogP contribution in [0.3, 0.4) is 0 Å². The maximum Gasteiger partial charge on any atom is 0.255 e. The predicted molar refractivity (Wildman–Crippen MR) is 116 cm³/mol. The van der Waals surface area contributed by atoms with Gasteiger partial charge in [-0.05, 0) is 57.2 Å². The zero-order valence-electron chi connectivity index (χ0n) is 18.2. The topological polar surface area (TPSA) is 129 Å². The zero-order valence-corrected chi connectivity index (χ0v) is 18.2. The number of amides is 3. The summed E-state index contributed by atoms with van der Waals surface area (Å²) in [6.45, 7) is 5.32.